The molecule has 2 atom stereocenters. The second-order valence-corrected chi connectivity index (χ2v) is 5.62. The summed E-state index contributed by atoms with van der Waals surface area (Å²) in [5, 5.41) is 0. The van der Waals surface area contributed by atoms with Crippen LogP contribution in [-0.4, -0.2) is 31.0 Å². The van der Waals surface area contributed by atoms with Crippen LogP contribution < -0.4 is 10.5 Å². The van der Waals surface area contributed by atoms with Crippen LogP contribution in [0.5, 0.6) is 5.75 Å². The van der Waals surface area contributed by atoms with Crippen molar-refractivity contribution in [1.29, 1.82) is 0 Å². The molecular weight excluding hydrogens is 252 g/mol. The van der Waals surface area contributed by atoms with Crippen LogP contribution in [0.3, 0.4) is 0 Å². The van der Waals surface area contributed by atoms with Crippen molar-refractivity contribution >= 4 is 5.91 Å². The third kappa shape index (κ3) is 3.51. The molecule has 1 aromatic carbocycles. The fraction of sp³-hybridized carbons (Fsp3) is 0.562. The minimum atomic E-state index is -0.205. The van der Waals surface area contributed by atoms with Gasteiger partial charge in [-0.25, -0.2) is 0 Å². The molecular formula is C16H24N2O2. The van der Waals surface area contributed by atoms with E-state index in [1.807, 2.05) is 29.2 Å². The highest BCUT2D eigenvalue weighted by molar-refractivity contribution is 5.76. The molecule has 1 fully saturated rings. The number of para-hydroxylation sites is 1. The standard InChI is InChI=1S/C16H24N2O2/c1-12-7-8-16(19)18(10-9-12)11-14(17)13-5-3-4-6-15(13)20-2/h3-6,12,14H,7-11,17H2,1-2H3. The number of amides is 1. The Morgan fingerprint density at radius 2 is 2.15 bits per heavy atom. The van der Waals surface area contributed by atoms with Gasteiger partial charge < -0.3 is 15.4 Å². The number of carbonyl (C=O) groups is 1. The molecule has 2 N–H and O–H groups in total. The third-order valence-corrected chi connectivity index (χ3v) is 4.05. The van der Waals surface area contributed by atoms with E-state index >= 15 is 0 Å². The van der Waals surface area contributed by atoms with Crippen LogP contribution in [0.15, 0.2) is 24.3 Å². The summed E-state index contributed by atoms with van der Waals surface area (Å²) >= 11 is 0. The van der Waals surface area contributed by atoms with Crippen LogP contribution in [-0.2, 0) is 4.79 Å². The maximum atomic E-state index is 12.1. The molecule has 0 aliphatic carbocycles. The predicted molar refractivity (Wildman–Crippen MR) is 79.5 cm³/mol. The summed E-state index contributed by atoms with van der Waals surface area (Å²) in [6.45, 7) is 3.58. The van der Waals surface area contributed by atoms with Crippen molar-refractivity contribution in [2.75, 3.05) is 20.2 Å². The third-order valence-electron chi connectivity index (χ3n) is 4.05. The van der Waals surface area contributed by atoms with Crippen molar-refractivity contribution in [2.24, 2.45) is 11.7 Å². The number of hydrogen-bond donors (Lipinski definition) is 1. The van der Waals surface area contributed by atoms with Crippen LogP contribution >= 0.6 is 0 Å². The first-order valence-corrected chi connectivity index (χ1v) is 7.28. The summed E-state index contributed by atoms with van der Waals surface area (Å²) in [6, 6.07) is 7.54. The number of ether oxygens (including phenoxy) is 1. The molecule has 2 rings (SSSR count). The SMILES string of the molecule is COc1ccccc1C(N)CN1CCC(C)CCC1=O. The molecule has 1 heterocycles. The van der Waals surface area contributed by atoms with Crippen molar-refractivity contribution in [3.63, 3.8) is 0 Å². The van der Waals surface area contributed by atoms with E-state index in [9.17, 15) is 4.79 Å². The highest BCUT2D eigenvalue weighted by Gasteiger charge is 2.23. The van der Waals surface area contributed by atoms with Gasteiger partial charge in [0.05, 0.1) is 13.2 Å². The number of carbonyl (C=O) groups excluding carboxylic acids is 1. The van der Waals surface area contributed by atoms with E-state index < -0.39 is 0 Å². The zero-order valence-electron chi connectivity index (χ0n) is 12.3. The lowest BCUT2D eigenvalue weighted by molar-refractivity contribution is -0.130. The topological polar surface area (TPSA) is 55.6 Å². The van der Waals surface area contributed by atoms with E-state index in [1.54, 1.807) is 7.11 Å². The van der Waals surface area contributed by atoms with Crippen molar-refractivity contribution in [1.82, 2.24) is 4.90 Å². The highest BCUT2D eigenvalue weighted by Crippen LogP contribution is 2.25. The summed E-state index contributed by atoms with van der Waals surface area (Å²) in [5.74, 6) is 1.63. The first kappa shape index (κ1) is 14.9. The van der Waals surface area contributed by atoms with Gasteiger partial charge in [-0.2, -0.15) is 0 Å². The van der Waals surface area contributed by atoms with Gasteiger partial charge in [-0.15, -0.1) is 0 Å². The van der Waals surface area contributed by atoms with Crippen LogP contribution in [0.2, 0.25) is 0 Å². The molecule has 2 unspecified atom stereocenters. The normalized spacial score (nSPS) is 21.4. The maximum absolute atomic E-state index is 12.1. The minimum Gasteiger partial charge on any atom is -0.496 e. The molecule has 110 valence electrons. The fourth-order valence-corrected chi connectivity index (χ4v) is 2.67. The second-order valence-electron chi connectivity index (χ2n) is 5.62. The molecule has 0 bridgehead atoms. The molecule has 4 heteroatoms. The van der Waals surface area contributed by atoms with Crippen LogP contribution in [0.25, 0.3) is 0 Å². The molecule has 1 aliphatic heterocycles. The van der Waals surface area contributed by atoms with Gasteiger partial charge in [0, 0.05) is 25.1 Å². The summed E-state index contributed by atoms with van der Waals surface area (Å²) in [5.41, 5.74) is 7.23. The molecule has 1 saturated heterocycles. The van der Waals surface area contributed by atoms with Gasteiger partial charge in [0.1, 0.15) is 5.75 Å². The molecule has 1 aliphatic rings. The summed E-state index contributed by atoms with van der Waals surface area (Å²) in [6.07, 6.45) is 2.68. The van der Waals surface area contributed by atoms with E-state index in [0.29, 0.717) is 18.9 Å². The van der Waals surface area contributed by atoms with Gasteiger partial charge in [-0.05, 0) is 24.8 Å². The first-order valence-electron chi connectivity index (χ1n) is 7.28. The van der Waals surface area contributed by atoms with E-state index in [4.69, 9.17) is 10.5 Å². The fourth-order valence-electron chi connectivity index (χ4n) is 2.67. The lowest BCUT2D eigenvalue weighted by Crippen LogP contribution is -2.36. The van der Waals surface area contributed by atoms with Crippen molar-refractivity contribution < 1.29 is 9.53 Å². The first-order chi connectivity index (χ1) is 9.61. The number of nitrogens with zero attached hydrogens (tertiary/aromatic N) is 1. The molecule has 0 spiro atoms. The molecule has 20 heavy (non-hydrogen) atoms. The molecule has 1 amide bonds. The molecule has 1 aromatic rings. The Balaban J connectivity index is 2.06. The largest absolute Gasteiger partial charge is 0.496 e. The zero-order chi connectivity index (χ0) is 14.5. The van der Waals surface area contributed by atoms with Gasteiger partial charge >= 0.3 is 0 Å². The van der Waals surface area contributed by atoms with E-state index in [2.05, 4.69) is 6.92 Å². The molecule has 0 saturated carbocycles. The Labute approximate surface area is 120 Å². The van der Waals surface area contributed by atoms with Crippen molar-refractivity contribution in [3.05, 3.63) is 29.8 Å². The van der Waals surface area contributed by atoms with E-state index in [0.717, 1.165) is 30.7 Å². The Hall–Kier alpha value is -1.55. The Kier molecular flexibility index (Phi) is 5.01. The number of rotatable bonds is 4. The van der Waals surface area contributed by atoms with Gasteiger partial charge in [0.2, 0.25) is 5.91 Å². The quantitative estimate of drug-likeness (QED) is 0.918. The van der Waals surface area contributed by atoms with Crippen LogP contribution in [0.4, 0.5) is 0 Å². The predicted octanol–water partition coefficient (Wildman–Crippen LogP) is 2.34. The Morgan fingerprint density at radius 3 is 2.90 bits per heavy atom. The Morgan fingerprint density at radius 1 is 1.40 bits per heavy atom. The van der Waals surface area contributed by atoms with Gasteiger partial charge in [0.25, 0.3) is 0 Å². The summed E-state index contributed by atoms with van der Waals surface area (Å²) in [4.78, 5) is 14.0. The molecule has 0 radical (unpaired) electrons. The lowest BCUT2D eigenvalue weighted by atomic mass is 10.0. The monoisotopic (exact) mass is 276 g/mol. The number of hydrogen-bond acceptors (Lipinski definition) is 3. The average molecular weight is 276 g/mol. The molecule has 4 nitrogen and oxygen atoms in total. The van der Waals surface area contributed by atoms with Crippen molar-refractivity contribution in [2.45, 2.75) is 32.2 Å². The van der Waals surface area contributed by atoms with E-state index in [1.165, 1.54) is 0 Å². The minimum absolute atomic E-state index is 0.205. The maximum Gasteiger partial charge on any atom is 0.222 e. The smallest absolute Gasteiger partial charge is 0.222 e. The number of likely N-dealkylation sites (tertiary alicyclic amines) is 1. The van der Waals surface area contributed by atoms with Gasteiger partial charge in [-0.3, -0.25) is 4.79 Å². The highest BCUT2D eigenvalue weighted by atomic mass is 16.5. The number of nitrogens with two attached hydrogens (primary N) is 1. The zero-order valence-corrected chi connectivity index (χ0v) is 12.3. The summed E-state index contributed by atoms with van der Waals surface area (Å²) < 4.78 is 5.34. The van der Waals surface area contributed by atoms with Gasteiger partial charge in [0.15, 0.2) is 0 Å². The molecule has 0 aromatic heterocycles. The second kappa shape index (κ2) is 6.75. The van der Waals surface area contributed by atoms with E-state index in [-0.39, 0.29) is 11.9 Å². The number of benzene rings is 1. The van der Waals surface area contributed by atoms with Crippen molar-refractivity contribution in [3.8, 4) is 5.75 Å². The van der Waals surface area contributed by atoms with Crippen LogP contribution in [0, 0.1) is 5.92 Å². The Bertz CT molecular complexity index is 462. The lowest BCUT2D eigenvalue weighted by Gasteiger charge is -2.25. The summed E-state index contributed by atoms with van der Waals surface area (Å²) in [7, 11) is 1.64. The number of methoxy groups -OCH3 is 1. The van der Waals surface area contributed by atoms with Crippen LogP contribution in [0.1, 0.15) is 37.8 Å². The van der Waals surface area contributed by atoms with Gasteiger partial charge in [-0.1, -0.05) is 25.1 Å². The average Bonchev–Trinajstić information content (AvgIpc) is 2.62.